The van der Waals surface area contributed by atoms with Crippen molar-refractivity contribution in [1.29, 1.82) is 0 Å². The van der Waals surface area contributed by atoms with Crippen molar-refractivity contribution in [3.05, 3.63) is 77.6 Å². The lowest BCUT2D eigenvalue weighted by molar-refractivity contribution is -0.125. The molecule has 0 unspecified atom stereocenters. The number of anilines is 3. The Hall–Kier alpha value is -3.83. The molecule has 2 aromatic carbocycles. The molecule has 2 aliphatic rings. The van der Waals surface area contributed by atoms with E-state index in [9.17, 15) is 13.6 Å². The third kappa shape index (κ3) is 5.53. The summed E-state index contributed by atoms with van der Waals surface area (Å²) >= 11 is 0. The van der Waals surface area contributed by atoms with E-state index < -0.39 is 29.4 Å². The molecular formula is C27H29F2N5O4. The predicted molar refractivity (Wildman–Crippen MR) is 135 cm³/mol. The molecule has 1 N–H and O–H groups in total. The number of rotatable bonds is 5. The average Bonchev–Trinajstić information content (AvgIpc) is 3.55. The van der Waals surface area contributed by atoms with Gasteiger partial charge in [-0.3, -0.25) is 9.68 Å². The topological polar surface area (TPSA) is 89.0 Å². The van der Waals surface area contributed by atoms with Gasteiger partial charge in [0.25, 0.3) is 0 Å². The summed E-state index contributed by atoms with van der Waals surface area (Å²) in [5.74, 6) is -0.913. The summed E-state index contributed by atoms with van der Waals surface area (Å²) in [7, 11) is 0. The van der Waals surface area contributed by atoms with Gasteiger partial charge in [-0.2, -0.15) is 5.06 Å². The predicted octanol–water partition coefficient (Wildman–Crippen LogP) is 5.99. The molecular weight excluding hydrogens is 496 g/mol. The van der Waals surface area contributed by atoms with Crippen LogP contribution in [0.2, 0.25) is 0 Å². The first kappa shape index (κ1) is 25.8. The molecule has 2 saturated heterocycles. The summed E-state index contributed by atoms with van der Waals surface area (Å²) in [5.41, 5.74) is 1.17. The van der Waals surface area contributed by atoms with Crippen LogP contribution in [-0.2, 0) is 14.4 Å². The van der Waals surface area contributed by atoms with Crippen LogP contribution >= 0.6 is 0 Å². The van der Waals surface area contributed by atoms with Crippen LogP contribution in [0.15, 0.2) is 54.9 Å². The number of nitrogens with zero attached hydrogens (tertiary/aromatic N) is 4. The third-order valence-corrected chi connectivity index (χ3v) is 6.15. The molecule has 200 valence electrons. The quantitative estimate of drug-likeness (QED) is 0.434. The summed E-state index contributed by atoms with van der Waals surface area (Å²) in [6, 6.07) is 12.5. The zero-order chi connectivity index (χ0) is 26.9. The number of carbonyl (C=O) groups is 1. The average molecular weight is 526 g/mol. The number of hydrogen-bond donors (Lipinski definition) is 1. The van der Waals surface area contributed by atoms with Crippen molar-refractivity contribution in [2.24, 2.45) is 0 Å². The first-order valence-electron chi connectivity index (χ1n) is 12.4. The summed E-state index contributed by atoms with van der Waals surface area (Å²) in [6.45, 7) is 6.16. The van der Waals surface area contributed by atoms with E-state index >= 15 is 0 Å². The minimum absolute atomic E-state index is 0.205. The van der Waals surface area contributed by atoms with Gasteiger partial charge in [-0.1, -0.05) is 24.3 Å². The Morgan fingerprint density at radius 3 is 2.61 bits per heavy atom. The maximum Gasteiger partial charge on any atom is 0.435 e. The van der Waals surface area contributed by atoms with E-state index in [1.807, 2.05) is 24.3 Å². The minimum atomic E-state index is -0.905. The van der Waals surface area contributed by atoms with E-state index in [1.165, 1.54) is 22.5 Å². The van der Waals surface area contributed by atoms with Gasteiger partial charge < -0.3 is 10.1 Å². The molecule has 3 heterocycles. The number of carbonyl (C=O) groups excluding carboxylic acids is 1. The Labute approximate surface area is 219 Å². The van der Waals surface area contributed by atoms with Crippen LogP contribution in [0.5, 0.6) is 0 Å². The monoisotopic (exact) mass is 525 g/mol. The van der Waals surface area contributed by atoms with Gasteiger partial charge in [0.15, 0.2) is 17.5 Å². The van der Waals surface area contributed by atoms with Gasteiger partial charge in [-0.05, 0) is 44.5 Å². The summed E-state index contributed by atoms with van der Waals surface area (Å²) < 4.78 is 33.8. The van der Waals surface area contributed by atoms with Crippen molar-refractivity contribution >= 4 is 23.4 Å². The molecule has 0 saturated carbocycles. The van der Waals surface area contributed by atoms with Crippen molar-refractivity contribution < 1.29 is 28.0 Å². The van der Waals surface area contributed by atoms with E-state index in [1.54, 1.807) is 32.9 Å². The Bertz CT molecular complexity index is 1320. The van der Waals surface area contributed by atoms with E-state index in [-0.39, 0.29) is 11.6 Å². The number of nitrogens with one attached hydrogen (secondary N) is 1. The maximum atomic E-state index is 14.5. The SMILES string of the molecule is CC(C)(C)OC(=O)N1OCC[C@@H]1c1cccc(Nc2cc(N3OCC[C@@H]3c3cccc(F)c3F)ncn2)c1. The lowest BCUT2D eigenvalue weighted by Crippen LogP contribution is -2.35. The van der Waals surface area contributed by atoms with Gasteiger partial charge in [0, 0.05) is 30.2 Å². The lowest BCUT2D eigenvalue weighted by atomic mass is 10.0. The van der Waals surface area contributed by atoms with Crippen LogP contribution in [0, 0.1) is 11.6 Å². The summed E-state index contributed by atoms with van der Waals surface area (Å²) in [6.07, 6.45) is 1.95. The van der Waals surface area contributed by atoms with Crippen molar-refractivity contribution in [2.75, 3.05) is 23.6 Å². The van der Waals surface area contributed by atoms with E-state index in [0.29, 0.717) is 37.7 Å². The highest BCUT2D eigenvalue weighted by Crippen LogP contribution is 2.37. The smallest absolute Gasteiger partial charge is 0.435 e. The van der Waals surface area contributed by atoms with Gasteiger partial charge in [0.1, 0.15) is 17.7 Å². The molecule has 2 fully saturated rings. The molecule has 1 aromatic heterocycles. The molecule has 2 atom stereocenters. The molecule has 2 aliphatic heterocycles. The Balaban J connectivity index is 1.33. The highest BCUT2D eigenvalue weighted by molar-refractivity contribution is 5.68. The van der Waals surface area contributed by atoms with E-state index in [2.05, 4.69) is 15.3 Å². The second-order valence-corrected chi connectivity index (χ2v) is 10.1. The second kappa shape index (κ2) is 10.5. The van der Waals surface area contributed by atoms with Crippen molar-refractivity contribution in [2.45, 2.75) is 51.3 Å². The molecule has 0 radical (unpaired) electrons. The molecule has 11 heteroatoms. The number of aromatic nitrogens is 2. The number of amides is 1. The second-order valence-electron chi connectivity index (χ2n) is 10.1. The number of ether oxygens (including phenoxy) is 1. The molecule has 0 aliphatic carbocycles. The maximum absolute atomic E-state index is 14.5. The van der Waals surface area contributed by atoms with Crippen LogP contribution in [0.3, 0.4) is 0 Å². The molecule has 1 amide bonds. The standard InChI is InChI=1S/C27H29F2N5O4/c1-27(2,3)38-26(35)34-21(10-12-37-34)17-6-4-7-18(14-17)32-23-15-24(31-16-30-23)33-22(11-13-36-33)19-8-5-9-20(28)25(19)29/h4-9,14-16,21-22H,10-13H2,1-3H3,(H,30,31,32)/t21-,22-/m1/s1. The minimum Gasteiger partial charge on any atom is -0.442 e. The van der Waals surface area contributed by atoms with Gasteiger partial charge in [0.2, 0.25) is 0 Å². The highest BCUT2D eigenvalue weighted by Gasteiger charge is 2.35. The van der Waals surface area contributed by atoms with Gasteiger partial charge in [0.05, 0.1) is 25.3 Å². The first-order valence-corrected chi connectivity index (χ1v) is 12.4. The molecule has 5 rings (SSSR count). The normalized spacial score (nSPS) is 19.6. The number of hydrogen-bond acceptors (Lipinski definition) is 8. The first-order chi connectivity index (χ1) is 18.2. The Morgan fingerprint density at radius 1 is 1.03 bits per heavy atom. The summed E-state index contributed by atoms with van der Waals surface area (Å²) in [5, 5.41) is 6.01. The van der Waals surface area contributed by atoms with E-state index in [0.717, 1.165) is 17.3 Å². The zero-order valence-corrected chi connectivity index (χ0v) is 21.4. The third-order valence-electron chi connectivity index (χ3n) is 6.15. The molecule has 0 bridgehead atoms. The van der Waals surface area contributed by atoms with E-state index in [4.69, 9.17) is 14.4 Å². The summed E-state index contributed by atoms with van der Waals surface area (Å²) in [4.78, 5) is 32.5. The number of hydroxylamine groups is 3. The van der Waals surface area contributed by atoms with Crippen molar-refractivity contribution in [1.82, 2.24) is 15.0 Å². The lowest BCUT2D eigenvalue weighted by Gasteiger charge is -2.27. The fourth-order valence-electron chi connectivity index (χ4n) is 4.52. The largest absolute Gasteiger partial charge is 0.442 e. The zero-order valence-electron chi connectivity index (χ0n) is 21.4. The van der Waals surface area contributed by atoms with Gasteiger partial charge >= 0.3 is 6.09 Å². The Morgan fingerprint density at radius 2 is 1.79 bits per heavy atom. The molecule has 0 spiro atoms. The van der Waals surface area contributed by atoms with Gasteiger partial charge in [-0.25, -0.2) is 28.6 Å². The van der Waals surface area contributed by atoms with Crippen molar-refractivity contribution in [3.63, 3.8) is 0 Å². The van der Waals surface area contributed by atoms with Crippen LogP contribution in [0.25, 0.3) is 0 Å². The van der Waals surface area contributed by atoms with Crippen LogP contribution < -0.4 is 10.4 Å². The Kier molecular flexibility index (Phi) is 7.13. The van der Waals surface area contributed by atoms with Crippen molar-refractivity contribution in [3.8, 4) is 0 Å². The molecule has 3 aromatic rings. The van der Waals surface area contributed by atoms with Crippen LogP contribution in [0.4, 0.5) is 30.9 Å². The fourth-order valence-corrected chi connectivity index (χ4v) is 4.52. The number of halogens is 2. The van der Waals surface area contributed by atoms with Crippen LogP contribution in [-0.4, -0.2) is 39.9 Å². The molecule has 38 heavy (non-hydrogen) atoms. The number of benzene rings is 2. The van der Waals surface area contributed by atoms with Crippen LogP contribution in [0.1, 0.15) is 56.8 Å². The fraction of sp³-hybridized carbons (Fsp3) is 0.370. The van der Waals surface area contributed by atoms with Gasteiger partial charge in [-0.15, -0.1) is 0 Å². The highest BCUT2D eigenvalue weighted by atomic mass is 19.2. The molecule has 9 nitrogen and oxygen atoms in total.